The van der Waals surface area contributed by atoms with Crippen molar-refractivity contribution < 1.29 is 8.78 Å². The third-order valence-corrected chi connectivity index (χ3v) is 4.24. The van der Waals surface area contributed by atoms with Gasteiger partial charge in [-0.1, -0.05) is 13.8 Å². The molecule has 4 heteroatoms. The minimum absolute atomic E-state index is 0.235. The van der Waals surface area contributed by atoms with Gasteiger partial charge in [0.2, 0.25) is 0 Å². The Kier molecular flexibility index (Phi) is 4.59. The fourth-order valence-corrected chi connectivity index (χ4v) is 2.90. The molecule has 1 aromatic rings. The predicted octanol–water partition coefficient (Wildman–Crippen LogP) is 4.10. The highest BCUT2D eigenvalue weighted by Gasteiger charge is 2.23. The highest BCUT2D eigenvalue weighted by atomic mass is 19.2. The molecule has 20 heavy (non-hydrogen) atoms. The topological polar surface area (TPSA) is 27.0 Å². The quantitative estimate of drug-likeness (QED) is 0.814. The summed E-state index contributed by atoms with van der Waals surface area (Å²) < 4.78 is 27.8. The minimum Gasteiger partial charge on any atom is -0.369 e. The summed E-state index contributed by atoms with van der Waals surface area (Å²) in [6.07, 6.45) is 3.12. The van der Waals surface area contributed by atoms with Gasteiger partial charge in [0.05, 0.1) is 11.3 Å². The third-order valence-electron chi connectivity index (χ3n) is 4.24. The van der Waals surface area contributed by atoms with E-state index in [0.29, 0.717) is 11.8 Å². The van der Waals surface area contributed by atoms with Crippen LogP contribution < -0.4 is 4.90 Å². The Morgan fingerprint density at radius 3 is 2.60 bits per heavy atom. The van der Waals surface area contributed by atoms with E-state index in [1.807, 2.05) is 4.90 Å². The van der Waals surface area contributed by atoms with Gasteiger partial charge in [-0.3, -0.25) is 0 Å². The summed E-state index contributed by atoms with van der Waals surface area (Å²) in [4.78, 5) is 1.90. The second kappa shape index (κ2) is 6.21. The van der Waals surface area contributed by atoms with E-state index < -0.39 is 11.6 Å². The average molecular weight is 278 g/mol. The van der Waals surface area contributed by atoms with Crippen LogP contribution in [0.4, 0.5) is 14.5 Å². The maximum atomic E-state index is 14.1. The Bertz CT molecular complexity index is 520. The number of halogens is 2. The fourth-order valence-electron chi connectivity index (χ4n) is 2.90. The molecule has 1 fully saturated rings. The number of anilines is 1. The average Bonchev–Trinajstić information content (AvgIpc) is 2.67. The van der Waals surface area contributed by atoms with Gasteiger partial charge in [-0.2, -0.15) is 5.26 Å². The van der Waals surface area contributed by atoms with E-state index in [1.54, 1.807) is 6.07 Å². The molecule has 0 bridgehead atoms. The van der Waals surface area contributed by atoms with Crippen LogP contribution in [0.3, 0.4) is 0 Å². The van der Waals surface area contributed by atoms with Crippen molar-refractivity contribution in [3.05, 3.63) is 29.3 Å². The number of hydrogen-bond acceptors (Lipinski definition) is 2. The van der Waals surface area contributed by atoms with Crippen molar-refractivity contribution in [3.8, 4) is 6.07 Å². The van der Waals surface area contributed by atoms with E-state index in [0.717, 1.165) is 32.4 Å². The second-order valence-corrected chi connectivity index (χ2v) is 5.79. The van der Waals surface area contributed by atoms with Crippen LogP contribution in [0.2, 0.25) is 0 Å². The lowest BCUT2D eigenvalue weighted by Crippen LogP contribution is -2.26. The molecule has 1 aliphatic heterocycles. The van der Waals surface area contributed by atoms with Crippen molar-refractivity contribution in [2.75, 3.05) is 18.0 Å². The van der Waals surface area contributed by atoms with Crippen molar-refractivity contribution in [2.24, 2.45) is 11.8 Å². The number of nitriles is 1. The van der Waals surface area contributed by atoms with E-state index >= 15 is 0 Å². The van der Waals surface area contributed by atoms with E-state index in [4.69, 9.17) is 5.26 Å². The molecular weight excluding hydrogens is 258 g/mol. The molecule has 0 N–H and O–H groups in total. The summed E-state index contributed by atoms with van der Waals surface area (Å²) in [5, 5.41) is 8.71. The molecule has 1 saturated heterocycles. The lowest BCUT2D eigenvalue weighted by Gasteiger charge is -2.24. The van der Waals surface area contributed by atoms with Gasteiger partial charge in [0, 0.05) is 13.1 Å². The van der Waals surface area contributed by atoms with Crippen LogP contribution in [0.1, 0.15) is 38.7 Å². The van der Waals surface area contributed by atoms with Crippen molar-refractivity contribution >= 4 is 5.69 Å². The Morgan fingerprint density at radius 2 is 1.95 bits per heavy atom. The lowest BCUT2D eigenvalue weighted by molar-refractivity contribution is 0.351. The monoisotopic (exact) mass is 278 g/mol. The van der Waals surface area contributed by atoms with Crippen LogP contribution in [-0.2, 0) is 0 Å². The van der Waals surface area contributed by atoms with Crippen LogP contribution in [0.5, 0.6) is 0 Å². The summed E-state index contributed by atoms with van der Waals surface area (Å²) in [6, 6.07) is 4.55. The van der Waals surface area contributed by atoms with Gasteiger partial charge in [-0.25, -0.2) is 8.78 Å². The largest absolute Gasteiger partial charge is 0.369 e. The SMILES string of the molecule is CC(C)C1CCCN(c2ccc(C#N)c(F)c2F)CC1. The molecule has 0 aliphatic carbocycles. The van der Waals surface area contributed by atoms with E-state index in [1.165, 1.54) is 12.1 Å². The molecule has 0 saturated carbocycles. The second-order valence-electron chi connectivity index (χ2n) is 5.79. The highest BCUT2D eigenvalue weighted by Crippen LogP contribution is 2.30. The van der Waals surface area contributed by atoms with Crippen LogP contribution in [0, 0.1) is 34.8 Å². The first-order chi connectivity index (χ1) is 9.54. The number of nitrogens with zero attached hydrogens (tertiary/aromatic N) is 2. The van der Waals surface area contributed by atoms with Gasteiger partial charge in [0.15, 0.2) is 11.6 Å². The molecule has 0 amide bonds. The van der Waals surface area contributed by atoms with Gasteiger partial charge in [-0.05, 0) is 43.2 Å². The van der Waals surface area contributed by atoms with E-state index in [9.17, 15) is 8.78 Å². The first-order valence-electron chi connectivity index (χ1n) is 7.17. The zero-order chi connectivity index (χ0) is 14.7. The van der Waals surface area contributed by atoms with Gasteiger partial charge in [-0.15, -0.1) is 0 Å². The molecule has 1 heterocycles. The maximum Gasteiger partial charge on any atom is 0.183 e. The number of rotatable bonds is 2. The van der Waals surface area contributed by atoms with Crippen LogP contribution in [-0.4, -0.2) is 13.1 Å². The van der Waals surface area contributed by atoms with Gasteiger partial charge >= 0.3 is 0 Å². The van der Waals surface area contributed by atoms with Gasteiger partial charge in [0.1, 0.15) is 6.07 Å². The summed E-state index contributed by atoms with van der Waals surface area (Å²) in [7, 11) is 0. The zero-order valence-corrected chi connectivity index (χ0v) is 12.0. The summed E-state index contributed by atoms with van der Waals surface area (Å²) in [6.45, 7) is 5.90. The van der Waals surface area contributed by atoms with Crippen LogP contribution in [0.15, 0.2) is 12.1 Å². The molecule has 2 rings (SSSR count). The molecule has 0 aromatic heterocycles. The van der Waals surface area contributed by atoms with Crippen molar-refractivity contribution in [2.45, 2.75) is 33.1 Å². The Morgan fingerprint density at radius 1 is 1.20 bits per heavy atom. The van der Waals surface area contributed by atoms with Crippen molar-refractivity contribution in [3.63, 3.8) is 0 Å². The Hall–Kier alpha value is -1.63. The predicted molar refractivity (Wildman–Crippen MR) is 75.5 cm³/mol. The van der Waals surface area contributed by atoms with Crippen molar-refractivity contribution in [1.82, 2.24) is 0 Å². The fraction of sp³-hybridized carbons (Fsp3) is 0.562. The van der Waals surface area contributed by atoms with Crippen molar-refractivity contribution in [1.29, 1.82) is 5.26 Å². The molecule has 1 aromatic carbocycles. The summed E-state index contributed by atoms with van der Waals surface area (Å²) in [5.41, 5.74) is 0.0482. The molecule has 1 aliphatic rings. The van der Waals surface area contributed by atoms with Gasteiger partial charge in [0.25, 0.3) is 0 Å². The maximum absolute atomic E-state index is 14.1. The molecule has 2 nitrogen and oxygen atoms in total. The van der Waals surface area contributed by atoms with Gasteiger partial charge < -0.3 is 4.90 Å². The first-order valence-corrected chi connectivity index (χ1v) is 7.17. The van der Waals surface area contributed by atoms with E-state index in [-0.39, 0.29) is 11.3 Å². The molecule has 108 valence electrons. The smallest absolute Gasteiger partial charge is 0.183 e. The molecule has 1 atom stereocenters. The Labute approximate surface area is 119 Å². The van der Waals surface area contributed by atoms with Crippen LogP contribution in [0.25, 0.3) is 0 Å². The molecule has 0 spiro atoms. The highest BCUT2D eigenvalue weighted by molar-refractivity contribution is 5.52. The normalized spacial score (nSPS) is 19.8. The third kappa shape index (κ3) is 2.92. The summed E-state index contributed by atoms with van der Waals surface area (Å²) >= 11 is 0. The lowest BCUT2D eigenvalue weighted by atomic mass is 9.89. The Balaban J connectivity index is 2.20. The van der Waals surface area contributed by atoms with E-state index in [2.05, 4.69) is 13.8 Å². The molecule has 0 radical (unpaired) electrons. The minimum atomic E-state index is -1.03. The number of hydrogen-bond donors (Lipinski definition) is 0. The molecule has 1 unspecified atom stereocenters. The first kappa shape index (κ1) is 14.8. The number of benzene rings is 1. The van der Waals surface area contributed by atoms with Crippen LogP contribution >= 0.6 is 0 Å². The molecular formula is C16H20F2N2. The standard InChI is InChI=1S/C16H20F2N2/c1-11(2)12-4-3-8-20(9-7-12)14-6-5-13(10-19)15(17)16(14)18/h5-6,11-12H,3-4,7-9H2,1-2H3. The zero-order valence-electron chi connectivity index (χ0n) is 12.0. The summed E-state index contributed by atoms with van der Waals surface area (Å²) in [5.74, 6) is -0.662.